The molecule has 2 aromatic carbocycles. The lowest BCUT2D eigenvalue weighted by atomic mass is 9.86. The highest BCUT2D eigenvalue weighted by Crippen LogP contribution is 2.27. The van der Waals surface area contributed by atoms with E-state index in [0.717, 1.165) is 48.7 Å². The number of hydrazine groups is 1. The Kier molecular flexibility index (Phi) is 8.20. The Morgan fingerprint density at radius 3 is 2.55 bits per heavy atom. The number of nitrogens with zero attached hydrogens (tertiary/aromatic N) is 7. The molecule has 1 saturated heterocycles. The Hall–Kier alpha value is -4.79. The highest BCUT2D eigenvalue weighted by atomic mass is 16.1. The third kappa shape index (κ3) is 6.57. The number of carbonyl (C=O) groups excluding carboxylic acids is 1. The molecule has 0 atom stereocenters. The van der Waals surface area contributed by atoms with E-state index in [9.17, 15) is 10.1 Å². The summed E-state index contributed by atoms with van der Waals surface area (Å²) in [5.74, 6) is 1.78. The number of nitrogens with one attached hydrogen (secondary N) is 3. The van der Waals surface area contributed by atoms with Crippen LogP contribution >= 0.6 is 0 Å². The van der Waals surface area contributed by atoms with Gasteiger partial charge in [-0.2, -0.15) is 15.0 Å². The fraction of sp³-hybridized carbons (Fsp3) is 0.323. The highest BCUT2D eigenvalue weighted by Gasteiger charge is 2.20. The predicted molar refractivity (Wildman–Crippen MR) is 164 cm³/mol. The fourth-order valence-electron chi connectivity index (χ4n) is 4.66. The highest BCUT2D eigenvalue weighted by molar-refractivity contribution is 6.05. The average molecular weight is 565 g/mol. The van der Waals surface area contributed by atoms with Crippen LogP contribution in [0.1, 0.15) is 41.0 Å². The van der Waals surface area contributed by atoms with Crippen LogP contribution in [0.2, 0.25) is 0 Å². The molecule has 4 aromatic rings. The van der Waals surface area contributed by atoms with Gasteiger partial charge in [-0.1, -0.05) is 18.2 Å². The van der Waals surface area contributed by atoms with Crippen LogP contribution in [0.4, 0.5) is 23.0 Å². The minimum Gasteiger partial charge on any atom is -0.340 e. The van der Waals surface area contributed by atoms with Crippen molar-refractivity contribution in [2.75, 3.05) is 49.3 Å². The van der Waals surface area contributed by atoms with Crippen LogP contribution in [0.5, 0.6) is 0 Å². The molecule has 11 nitrogen and oxygen atoms in total. The Balaban J connectivity index is 1.35. The number of likely N-dealkylation sites (N-methyl/N-ethyl adjacent to an activating group) is 1. The molecule has 1 aliphatic rings. The van der Waals surface area contributed by atoms with Crippen LogP contribution < -0.4 is 16.1 Å². The third-order valence-corrected chi connectivity index (χ3v) is 7.36. The number of rotatable bonds is 8. The van der Waals surface area contributed by atoms with Crippen LogP contribution in [0, 0.1) is 25.2 Å². The van der Waals surface area contributed by atoms with Crippen LogP contribution in [0.3, 0.4) is 0 Å². The molecule has 216 valence electrons. The second-order valence-corrected chi connectivity index (χ2v) is 11.2. The van der Waals surface area contributed by atoms with E-state index < -0.39 is 5.41 Å². The van der Waals surface area contributed by atoms with Gasteiger partial charge < -0.3 is 21.0 Å². The van der Waals surface area contributed by atoms with Gasteiger partial charge in [-0.05, 0) is 70.1 Å². The second-order valence-electron chi connectivity index (χ2n) is 11.2. The zero-order chi connectivity index (χ0) is 29.9. The quantitative estimate of drug-likeness (QED) is 0.280. The summed E-state index contributed by atoms with van der Waals surface area (Å²) in [6.45, 7) is 11.4. The summed E-state index contributed by atoms with van der Waals surface area (Å²) in [6, 6.07) is 19.0. The molecule has 1 amide bonds. The van der Waals surface area contributed by atoms with Crippen molar-refractivity contribution in [3.63, 3.8) is 0 Å². The fourth-order valence-corrected chi connectivity index (χ4v) is 4.66. The number of aryl methyl sites for hydroxylation is 2. The standard InChI is InChI=1S/C31H36N10O/c1-21-9-10-23(30(42)35-25-8-6-7-24(17-25)31(3,4)19-32)16-26(21)36-29-15-22(2)37-41(29)28-18-27(33-20-34-28)38-40-13-11-39(5)12-14-40/h6-10,15-18,20,36H,11-14H2,1-5H3,(H,35,42)(H,33,34,38). The number of benzene rings is 2. The van der Waals surface area contributed by atoms with Crippen molar-refractivity contribution in [3.05, 3.63) is 83.3 Å². The summed E-state index contributed by atoms with van der Waals surface area (Å²) in [5, 5.41) is 22.7. The van der Waals surface area contributed by atoms with Crippen molar-refractivity contribution >= 4 is 28.9 Å². The molecule has 3 heterocycles. The van der Waals surface area contributed by atoms with Gasteiger partial charge in [-0.25, -0.2) is 15.0 Å². The van der Waals surface area contributed by atoms with Gasteiger partial charge in [-0.3, -0.25) is 4.79 Å². The molecule has 0 saturated carbocycles. The SMILES string of the molecule is Cc1cc(Nc2cc(C(=O)Nc3cccc(C(C)(C)C#N)c3)ccc2C)n(-c2cc(NN3CCN(C)CC3)ncn2)n1. The van der Waals surface area contributed by atoms with Gasteiger partial charge in [0.2, 0.25) is 0 Å². The van der Waals surface area contributed by atoms with Crippen LogP contribution in [0.25, 0.3) is 5.82 Å². The first-order valence-electron chi connectivity index (χ1n) is 13.9. The largest absolute Gasteiger partial charge is 0.340 e. The Morgan fingerprint density at radius 2 is 1.79 bits per heavy atom. The molecule has 2 aromatic heterocycles. The number of anilines is 4. The molecule has 0 unspecified atom stereocenters. The van der Waals surface area contributed by atoms with E-state index in [1.807, 2.05) is 76.2 Å². The zero-order valence-corrected chi connectivity index (χ0v) is 24.6. The number of hydrogen-bond acceptors (Lipinski definition) is 9. The third-order valence-electron chi connectivity index (χ3n) is 7.36. The van der Waals surface area contributed by atoms with E-state index in [1.54, 1.807) is 10.7 Å². The van der Waals surface area contributed by atoms with Crippen LogP contribution in [-0.4, -0.2) is 68.8 Å². The van der Waals surface area contributed by atoms with E-state index in [0.29, 0.717) is 28.7 Å². The molecule has 0 spiro atoms. The van der Waals surface area contributed by atoms with Gasteiger partial charge in [0.25, 0.3) is 5.91 Å². The maximum atomic E-state index is 13.2. The number of amides is 1. The Morgan fingerprint density at radius 1 is 1.00 bits per heavy atom. The smallest absolute Gasteiger partial charge is 0.255 e. The number of aromatic nitrogens is 4. The average Bonchev–Trinajstić information content (AvgIpc) is 3.35. The summed E-state index contributed by atoms with van der Waals surface area (Å²) < 4.78 is 1.74. The predicted octanol–water partition coefficient (Wildman–Crippen LogP) is 4.65. The van der Waals surface area contributed by atoms with Crippen molar-refractivity contribution in [2.45, 2.75) is 33.1 Å². The van der Waals surface area contributed by atoms with Crippen molar-refractivity contribution in [1.29, 1.82) is 5.26 Å². The molecule has 11 heteroatoms. The van der Waals surface area contributed by atoms with Crippen molar-refractivity contribution in [2.24, 2.45) is 0 Å². The number of carbonyl (C=O) groups is 1. The molecule has 3 N–H and O–H groups in total. The Bertz CT molecular complexity index is 1630. The Labute approximate surface area is 246 Å². The summed E-state index contributed by atoms with van der Waals surface area (Å²) in [7, 11) is 2.12. The molecule has 0 aliphatic carbocycles. The van der Waals surface area contributed by atoms with Gasteiger partial charge in [0.05, 0.1) is 17.2 Å². The van der Waals surface area contributed by atoms with E-state index in [4.69, 9.17) is 0 Å². The molecule has 0 radical (unpaired) electrons. The number of piperazine rings is 1. The first-order chi connectivity index (χ1) is 20.1. The molecular formula is C31H36N10O. The van der Waals surface area contributed by atoms with E-state index in [2.05, 4.69) is 54.2 Å². The minimum absolute atomic E-state index is 0.245. The lowest BCUT2D eigenvalue weighted by Gasteiger charge is -2.32. The molecule has 42 heavy (non-hydrogen) atoms. The van der Waals surface area contributed by atoms with E-state index >= 15 is 0 Å². The summed E-state index contributed by atoms with van der Waals surface area (Å²) in [6.07, 6.45) is 1.53. The maximum Gasteiger partial charge on any atom is 0.255 e. The first kappa shape index (κ1) is 28.7. The van der Waals surface area contributed by atoms with Crippen molar-refractivity contribution < 1.29 is 4.79 Å². The molecular weight excluding hydrogens is 528 g/mol. The van der Waals surface area contributed by atoms with Gasteiger partial charge in [0, 0.05) is 55.2 Å². The van der Waals surface area contributed by atoms with Gasteiger partial charge in [0.15, 0.2) is 5.82 Å². The maximum absolute atomic E-state index is 13.2. The van der Waals surface area contributed by atoms with Gasteiger partial charge >= 0.3 is 0 Å². The molecule has 5 rings (SSSR count). The zero-order valence-electron chi connectivity index (χ0n) is 24.6. The summed E-state index contributed by atoms with van der Waals surface area (Å²) >= 11 is 0. The molecule has 0 bridgehead atoms. The second kappa shape index (κ2) is 12.0. The van der Waals surface area contributed by atoms with Crippen LogP contribution in [-0.2, 0) is 5.41 Å². The van der Waals surface area contributed by atoms with Gasteiger partial charge in [0.1, 0.15) is 18.0 Å². The summed E-state index contributed by atoms with van der Waals surface area (Å²) in [4.78, 5) is 24.4. The lowest BCUT2D eigenvalue weighted by molar-refractivity contribution is 0.102. The topological polar surface area (TPSA) is 127 Å². The monoisotopic (exact) mass is 564 g/mol. The number of hydrogen-bond donors (Lipinski definition) is 3. The minimum atomic E-state index is -0.659. The molecule has 1 fully saturated rings. The van der Waals surface area contributed by atoms with Crippen molar-refractivity contribution in [3.8, 4) is 11.9 Å². The lowest BCUT2D eigenvalue weighted by Crippen LogP contribution is -2.47. The molecule has 1 aliphatic heterocycles. The van der Waals surface area contributed by atoms with E-state index in [1.165, 1.54) is 6.33 Å². The first-order valence-corrected chi connectivity index (χ1v) is 13.9. The van der Waals surface area contributed by atoms with Gasteiger partial charge in [-0.15, -0.1) is 0 Å². The normalized spacial score (nSPS) is 14.3. The van der Waals surface area contributed by atoms with Crippen molar-refractivity contribution in [1.82, 2.24) is 29.7 Å². The summed E-state index contributed by atoms with van der Waals surface area (Å²) in [5.41, 5.74) is 7.25. The number of nitriles is 1. The van der Waals surface area contributed by atoms with Crippen LogP contribution in [0.15, 0.2) is 60.9 Å². The van der Waals surface area contributed by atoms with E-state index in [-0.39, 0.29) is 5.91 Å².